The lowest BCUT2D eigenvalue weighted by Crippen LogP contribution is -2.29. The second-order valence-electron chi connectivity index (χ2n) is 6.22. The molecular formula is C22H18F2N2O4. The molecule has 30 heavy (non-hydrogen) atoms. The highest BCUT2D eigenvalue weighted by molar-refractivity contribution is 5.90. The van der Waals surface area contributed by atoms with Crippen molar-refractivity contribution in [3.63, 3.8) is 0 Å². The summed E-state index contributed by atoms with van der Waals surface area (Å²) in [5, 5.41) is 4.29. The third-order valence-electron chi connectivity index (χ3n) is 4.30. The molecule has 0 unspecified atom stereocenters. The zero-order valence-electron chi connectivity index (χ0n) is 16.3. The van der Waals surface area contributed by atoms with Crippen LogP contribution in [0.1, 0.15) is 15.9 Å². The van der Waals surface area contributed by atoms with Crippen molar-refractivity contribution >= 4 is 12.0 Å². The van der Waals surface area contributed by atoms with Crippen LogP contribution in [0.25, 0.3) is 17.3 Å². The molecule has 0 saturated carbocycles. The predicted octanol–water partition coefficient (Wildman–Crippen LogP) is 3.70. The zero-order chi connectivity index (χ0) is 21.7. The molecule has 1 aromatic heterocycles. The second kappa shape index (κ2) is 9.13. The van der Waals surface area contributed by atoms with Crippen molar-refractivity contribution in [3.05, 3.63) is 87.7 Å². The maximum Gasteiger partial charge on any atom is 0.343 e. The summed E-state index contributed by atoms with van der Waals surface area (Å²) in [6.07, 6.45) is 2.89. The Labute approximate surface area is 171 Å². The fourth-order valence-corrected chi connectivity index (χ4v) is 2.74. The van der Waals surface area contributed by atoms with Crippen molar-refractivity contribution < 1.29 is 23.0 Å². The first-order valence-electron chi connectivity index (χ1n) is 8.89. The number of nitrogens with zero attached hydrogens (tertiary/aromatic N) is 2. The molecule has 8 heteroatoms. The molecule has 0 bridgehead atoms. The average molecular weight is 412 g/mol. The first kappa shape index (κ1) is 20.9. The molecular weight excluding hydrogens is 394 g/mol. The number of methoxy groups -OCH3 is 2. The van der Waals surface area contributed by atoms with Gasteiger partial charge in [-0.05, 0) is 42.5 Å². The van der Waals surface area contributed by atoms with Gasteiger partial charge in [0.15, 0.2) is 0 Å². The topological polar surface area (TPSA) is 70.4 Å². The van der Waals surface area contributed by atoms with Crippen molar-refractivity contribution in [2.45, 2.75) is 6.54 Å². The third kappa shape index (κ3) is 4.60. The highest BCUT2D eigenvalue weighted by Gasteiger charge is 2.16. The molecule has 0 atom stereocenters. The number of esters is 1. The summed E-state index contributed by atoms with van der Waals surface area (Å²) in [6.45, 7) is -0.0381. The Bertz CT molecular complexity index is 1150. The molecule has 0 saturated heterocycles. The molecule has 0 spiro atoms. The summed E-state index contributed by atoms with van der Waals surface area (Å²) in [4.78, 5) is 24.7. The number of carbonyl (C=O) groups excluding carboxylic acids is 1. The van der Waals surface area contributed by atoms with Gasteiger partial charge in [-0.3, -0.25) is 4.79 Å². The molecule has 0 aliphatic rings. The lowest BCUT2D eigenvalue weighted by Gasteiger charge is -2.09. The van der Waals surface area contributed by atoms with E-state index in [9.17, 15) is 18.4 Å². The highest BCUT2D eigenvalue weighted by Crippen LogP contribution is 2.21. The summed E-state index contributed by atoms with van der Waals surface area (Å²) in [6, 6.07) is 11.5. The van der Waals surface area contributed by atoms with E-state index in [1.165, 1.54) is 31.4 Å². The standard InChI is InChI=1S/C22H18F2N2O4/c1-29-17-9-6-15(7-10-17)20-13-18(22(28)30-2)21(27)26(25-20)11-3-4-14-5-8-16(23)12-19(14)24/h3-10,12-13H,11H2,1-2H3/b4-3+. The molecule has 154 valence electrons. The van der Waals surface area contributed by atoms with Gasteiger partial charge in [-0.1, -0.05) is 12.2 Å². The Hall–Kier alpha value is -3.81. The Morgan fingerprint density at radius 1 is 1.10 bits per heavy atom. The van der Waals surface area contributed by atoms with Crippen LogP contribution in [0.15, 0.2) is 59.4 Å². The summed E-state index contributed by atoms with van der Waals surface area (Å²) in [7, 11) is 2.72. The molecule has 0 amide bonds. The van der Waals surface area contributed by atoms with E-state index in [1.807, 2.05) is 0 Å². The lowest BCUT2D eigenvalue weighted by atomic mass is 10.1. The number of benzene rings is 2. The fourth-order valence-electron chi connectivity index (χ4n) is 2.74. The summed E-state index contributed by atoms with van der Waals surface area (Å²) >= 11 is 0. The molecule has 2 aromatic carbocycles. The van der Waals surface area contributed by atoms with Crippen LogP contribution in [0.4, 0.5) is 8.78 Å². The van der Waals surface area contributed by atoms with Crippen LogP contribution in [0, 0.1) is 11.6 Å². The average Bonchev–Trinajstić information content (AvgIpc) is 2.76. The van der Waals surface area contributed by atoms with Gasteiger partial charge >= 0.3 is 5.97 Å². The van der Waals surface area contributed by atoms with E-state index in [1.54, 1.807) is 31.4 Å². The number of hydrogen-bond donors (Lipinski definition) is 0. The maximum atomic E-state index is 13.8. The molecule has 3 aromatic rings. The van der Waals surface area contributed by atoms with E-state index >= 15 is 0 Å². The number of allylic oxidation sites excluding steroid dienone is 1. The number of aromatic nitrogens is 2. The van der Waals surface area contributed by atoms with Crippen molar-refractivity contribution in [1.29, 1.82) is 0 Å². The highest BCUT2D eigenvalue weighted by atomic mass is 19.1. The maximum absolute atomic E-state index is 13.8. The molecule has 0 fully saturated rings. The predicted molar refractivity (Wildman–Crippen MR) is 107 cm³/mol. The number of rotatable bonds is 6. The SMILES string of the molecule is COC(=O)c1cc(-c2ccc(OC)cc2)nn(C/C=C/c2ccc(F)cc2F)c1=O. The molecule has 6 nitrogen and oxygen atoms in total. The van der Waals surface area contributed by atoms with Crippen molar-refractivity contribution in [2.24, 2.45) is 0 Å². The number of ether oxygens (including phenoxy) is 2. The van der Waals surface area contributed by atoms with E-state index in [4.69, 9.17) is 9.47 Å². The van der Waals surface area contributed by atoms with Gasteiger partial charge in [0.25, 0.3) is 5.56 Å². The van der Waals surface area contributed by atoms with Crippen LogP contribution in [0.3, 0.4) is 0 Å². The van der Waals surface area contributed by atoms with E-state index in [2.05, 4.69) is 5.10 Å². The minimum atomic E-state index is -0.792. The Kier molecular flexibility index (Phi) is 6.36. The third-order valence-corrected chi connectivity index (χ3v) is 4.30. The monoisotopic (exact) mass is 412 g/mol. The van der Waals surface area contributed by atoms with Gasteiger partial charge in [0, 0.05) is 17.2 Å². The van der Waals surface area contributed by atoms with Gasteiger partial charge < -0.3 is 9.47 Å². The molecule has 1 heterocycles. The summed E-state index contributed by atoms with van der Waals surface area (Å²) < 4.78 is 37.7. The lowest BCUT2D eigenvalue weighted by molar-refractivity contribution is 0.0597. The Morgan fingerprint density at radius 2 is 1.83 bits per heavy atom. The Balaban J connectivity index is 1.98. The van der Waals surface area contributed by atoms with Gasteiger partial charge in [-0.15, -0.1) is 0 Å². The van der Waals surface area contributed by atoms with Gasteiger partial charge in [-0.25, -0.2) is 18.3 Å². The first-order chi connectivity index (χ1) is 14.4. The Morgan fingerprint density at radius 3 is 2.47 bits per heavy atom. The molecule has 0 radical (unpaired) electrons. The largest absolute Gasteiger partial charge is 0.497 e. The second-order valence-corrected chi connectivity index (χ2v) is 6.22. The smallest absolute Gasteiger partial charge is 0.343 e. The van der Waals surface area contributed by atoms with Crippen molar-refractivity contribution in [1.82, 2.24) is 9.78 Å². The van der Waals surface area contributed by atoms with E-state index < -0.39 is 23.2 Å². The van der Waals surface area contributed by atoms with Crippen LogP contribution in [-0.2, 0) is 11.3 Å². The molecule has 0 aliphatic heterocycles. The number of carbonyl (C=O) groups is 1. The summed E-state index contributed by atoms with van der Waals surface area (Å²) in [5.41, 5.74) is 0.356. The minimum absolute atomic E-state index is 0.0381. The van der Waals surface area contributed by atoms with Gasteiger partial charge in [0.1, 0.15) is 22.9 Å². The van der Waals surface area contributed by atoms with Crippen LogP contribution >= 0.6 is 0 Å². The molecule has 0 aliphatic carbocycles. The van der Waals surface area contributed by atoms with Crippen LogP contribution in [-0.4, -0.2) is 30.0 Å². The van der Waals surface area contributed by atoms with Crippen molar-refractivity contribution in [2.75, 3.05) is 14.2 Å². The normalized spacial score (nSPS) is 10.9. The summed E-state index contributed by atoms with van der Waals surface area (Å²) in [5.74, 6) is -1.56. The van der Waals surface area contributed by atoms with Gasteiger partial charge in [0.05, 0.1) is 26.5 Å². The van der Waals surface area contributed by atoms with Crippen LogP contribution in [0.2, 0.25) is 0 Å². The van der Waals surface area contributed by atoms with Crippen LogP contribution in [0.5, 0.6) is 5.75 Å². The number of halogens is 2. The quantitative estimate of drug-likeness (QED) is 0.578. The molecule has 3 rings (SSSR count). The minimum Gasteiger partial charge on any atom is -0.497 e. The van der Waals surface area contributed by atoms with Gasteiger partial charge in [-0.2, -0.15) is 5.10 Å². The first-order valence-corrected chi connectivity index (χ1v) is 8.89. The van der Waals surface area contributed by atoms with E-state index in [0.717, 1.165) is 16.8 Å². The van der Waals surface area contributed by atoms with Crippen LogP contribution < -0.4 is 10.3 Å². The molecule has 0 N–H and O–H groups in total. The zero-order valence-corrected chi connectivity index (χ0v) is 16.3. The van der Waals surface area contributed by atoms with E-state index in [0.29, 0.717) is 17.0 Å². The number of hydrogen-bond acceptors (Lipinski definition) is 5. The van der Waals surface area contributed by atoms with E-state index in [-0.39, 0.29) is 17.7 Å². The van der Waals surface area contributed by atoms with Gasteiger partial charge in [0.2, 0.25) is 0 Å². The fraction of sp³-hybridized carbons (Fsp3) is 0.136. The van der Waals surface area contributed by atoms with Crippen molar-refractivity contribution in [3.8, 4) is 17.0 Å².